The molecule has 2 N–H and O–H groups in total. The van der Waals surface area contributed by atoms with E-state index in [9.17, 15) is 14.4 Å². The summed E-state index contributed by atoms with van der Waals surface area (Å²) < 4.78 is 7.05. The molecular weight excluding hydrogens is 566 g/mol. The van der Waals surface area contributed by atoms with Gasteiger partial charge in [-0.25, -0.2) is 4.98 Å². The van der Waals surface area contributed by atoms with Crippen molar-refractivity contribution in [1.29, 1.82) is 0 Å². The maximum Gasteiger partial charge on any atom is 0.262 e. The number of methoxy groups -OCH3 is 1. The summed E-state index contributed by atoms with van der Waals surface area (Å²) in [5.74, 6) is 0.0961. The van der Waals surface area contributed by atoms with Gasteiger partial charge in [-0.05, 0) is 67.1 Å². The number of ether oxygens (including phenoxy) is 1. The molecule has 0 saturated carbocycles. The number of amides is 2. The van der Waals surface area contributed by atoms with Crippen LogP contribution in [0.1, 0.15) is 32.9 Å². The second-order valence-electron chi connectivity index (χ2n) is 9.99. The predicted octanol–water partition coefficient (Wildman–Crippen LogP) is 5.67. The number of carbonyl (C=O) groups excluding carboxylic acids is 3. The Morgan fingerprint density at radius 1 is 1.02 bits per heavy atom. The summed E-state index contributed by atoms with van der Waals surface area (Å²) in [6, 6.07) is 24.9. The van der Waals surface area contributed by atoms with Gasteiger partial charge < -0.3 is 15.4 Å². The summed E-state index contributed by atoms with van der Waals surface area (Å²) in [5.41, 5.74) is 4.76. The van der Waals surface area contributed by atoms with Crippen molar-refractivity contribution in [3.63, 3.8) is 0 Å². The van der Waals surface area contributed by atoms with E-state index < -0.39 is 0 Å². The van der Waals surface area contributed by atoms with Crippen LogP contribution in [0.15, 0.2) is 89.9 Å². The molecule has 0 saturated heterocycles. The zero-order chi connectivity index (χ0) is 30.1. The van der Waals surface area contributed by atoms with Crippen molar-refractivity contribution in [2.45, 2.75) is 13.3 Å². The minimum atomic E-state index is -0.327. The first kappa shape index (κ1) is 27.9. The normalized spacial score (nSPS) is 12.6. The van der Waals surface area contributed by atoms with Gasteiger partial charge >= 0.3 is 0 Å². The van der Waals surface area contributed by atoms with Crippen molar-refractivity contribution in [2.24, 2.45) is 4.99 Å². The fourth-order valence-corrected chi connectivity index (χ4v) is 5.32. The monoisotopic (exact) mass is 591 g/mol. The van der Waals surface area contributed by atoms with Gasteiger partial charge in [0.15, 0.2) is 0 Å². The molecule has 1 aliphatic rings. The molecule has 3 aromatic carbocycles. The van der Waals surface area contributed by atoms with Crippen molar-refractivity contribution in [2.75, 3.05) is 24.3 Å². The van der Waals surface area contributed by atoms with Gasteiger partial charge in [0.2, 0.25) is 11.8 Å². The number of aromatic nitrogens is 2. The first-order valence-electron chi connectivity index (χ1n) is 13.5. The molecule has 0 radical (unpaired) electrons. The van der Waals surface area contributed by atoms with Gasteiger partial charge in [-0.1, -0.05) is 41.9 Å². The van der Waals surface area contributed by atoms with Crippen LogP contribution in [0.25, 0.3) is 10.9 Å². The first-order chi connectivity index (χ1) is 20.8. The zero-order valence-corrected chi connectivity index (χ0v) is 24.1. The van der Waals surface area contributed by atoms with E-state index in [2.05, 4.69) is 20.6 Å². The summed E-state index contributed by atoms with van der Waals surface area (Å²) in [6.07, 6.45) is -0.0223. The summed E-state index contributed by atoms with van der Waals surface area (Å²) in [5, 5.41) is 6.97. The van der Waals surface area contributed by atoms with Crippen LogP contribution >= 0.6 is 11.6 Å². The molecule has 2 aromatic heterocycles. The van der Waals surface area contributed by atoms with Gasteiger partial charge in [-0.3, -0.25) is 23.9 Å². The van der Waals surface area contributed by atoms with Crippen molar-refractivity contribution < 1.29 is 19.1 Å². The van der Waals surface area contributed by atoms with Crippen molar-refractivity contribution in [1.82, 2.24) is 9.55 Å². The molecule has 0 unspecified atom stereocenters. The fraction of sp³-hybridized carbons (Fsp3) is 0.121. The number of hydrogen-bond donors (Lipinski definition) is 2. The minimum absolute atomic E-state index is 0.0223. The number of benzene rings is 3. The number of nitrogens with one attached hydrogen (secondary N) is 2. The maximum atomic E-state index is 13.6. The molecule has 6 rings (SSSR count). The number of carbonyl (C=O) groups is 3. The lowest BCUT2D eigenvalue weighted by Gasteiger charge is -2.12. The number of aliphatic imine (C=N–C) groups is 1. The van der Waals surface area contributed by atoms with Crippen LogP contribution < -0.4 is 15.4 Å². The van der Waals surface area contributed by atoms with E-state index in [0.717, 1.165) is 10.9 Å². The molecule has 2 amide bonds. The highest BCUT2D eigenvalue weighted by Gasteiger charge is 2.24. The summed E-state index contributed by atoms with van der Waals surface area (Å²) in [7, 11) is 1.57. The SMILES string of the molecule is COc1ccc2c(c1)c(CC(=O)Nc1ccc3c(n1)C(c1ccccc1)=NCC(=O)N3)c(C)n2C(=O)c1ccc(Cl)cc1. The highest BCUT2D eigenvalue weighted by Crippen LogP contribution is 2.31. The van der Waals surface area contributed by atoms with E-state index in [1.807, 2.05) is 49.4 Å². The van der Waals surface area contributed by atoms with Crippen molar-refractivity contribution in [3.8, 4) is 5.75 Å². The molecule has 43 heavy (non-hydrogen) atoms. The Labute approximate surface area is 252 Å². The Morgan fingerprint density at radius 2 is 1.79 bits per heavy atom. The number of nitrogens with zero attached hydrogens (tertiary/aromatic N) is 3. The summed E-state index contributed by atoms with van der Waals surface area (Å²) in [4.78, 5) is 48.5. The van der Waals surface area contributed by atoms with E-state index in [4.69, 9.17) is 16.3 Å². The van der Waals surface area contributed by atoms with Gasteiger partial charge in [0, 0.05) is 27.2 Å². The zero-order valence-electron chi connectivity index (χ0n) is 23.3. The van der Waals surface area contributed by atoms with Gasteiger partial charge in [-0.15, -0.1) is 0 Å². The molecule has 9 nitrogen and oxygen atoms in total. The van der Waals surface area contributed by atoms with Gasteiger partial charge in [0.05, 0.1) is 30.4 Å². The van der Waals surface area contributed by atoms with E-state index in [1.165, 1.54) is 0 Å². The number of halogens is 1. The van der Waals surface area contributed by atoms with Crippen LogP contribution in [-0.4, -0.2) is 46.6 Å². The van der Waals surface area contributed by atoms with Crippen LogP contribution in [0.4, 0.5) is 11.5 Å². The molecule has 0 atom stereocenters. The Bertz CT molecular complexity index is 1930. The van der Waals surface area contributed by atoms with Crippen LogP contribution in [-0.2, 0) is 16.0 Å². The molecular formula is C33H26ClN5O4. The lowest BCUT2D eigenvalue weighted by atomic mass is 10.1. The number of anilines is 2. The first-order valence-corrected chi connectivity index (χ1v) is 13.9. The Kier molecular flexibility index (Phi) is 7.48. The number of rotatable bonds is 6. The third-order valence-electron chi connectivity index (χ3n) is 7.26. The molecule has 0 bridgehead atoms. The Morgan fingerprint density at radius 3 is 2.53 bits per heavy atom. The summed E-state index contributed by atoms with van der Waals surface area (Å²) >= 11 is 6.04. The molecule has 0 fully saturated rings. The molecule has 1 aliphatic heterocycles. The number of hydrogen-bond acceptors (Lipinski definition) is 6. The second kappa shape index (κ2) is 11.5. The Hall–Kier alpha value is -5.28. The van der Waals surface area contributed by atoms with Crippen LogP contribution in [0, 0.1) is 6.92 Å². The molecule has 10 heteroatoms. The highest BCUT2D eigenvalue weighted by molar-refractivity contribution is 6.30. The molecule has 0 aliphatic carbocycles. The third-order valence-corrected chi connectivity index (χ3v) is 7.51. The molecule has 0 spiro atoms. The topological polar surface area (TPSA) is 115 Å². The fourth-order valence-electron chi connectivity index (χ4n) is 5.19. The molecule has 214 valence electrons. The third kappa shape index (κ3) is 5.50. The Balaban J connectivity index is 1.34. The smallest absolute Gasteiger partial charge is 0.262 e. The maximum absolute atomic E-state index is 13.6. The van der Waals surface area contributed by atoms with Crippen LogP contribution in [0.5, 0.6) is 5.75 Å². The lowest BCUT2D eigenvalue weighted by molar-refractivity contribution is -0.116. The minimum Gasteiger partial charge on any atom is -0.497 e. The average Bonchev–Trinajstić information content (AvgIpc) is 3.16. The number of pyridine rings is 1. The second-order valence-corrected chi connectivity index (χ2v) is 10.4. The predicted molar refractivity (Wildman–Crippen MR) is 167 cm³/mol. The average molecular weight is 592 g/mol. The van der Waals surface area contributed by atoms with Gasteiger partial charge in [0.1, 0.15) is 23.8 Å². The highest BCUT2D eigenvalue weighted by atomic mass is 35.5. The van der Waals surface area contributed by atoms with Crippen molar-refractivity contribution >= 4 is 57.4 Å². The van der Waals surface area contributed by atoms with E-state index >= 15 is 0 Å². The van der Waals surface area contributed by atoms with E-state index in [0.29, 0.717) is 56.0 Å². The van der Waals surface area contributed by atoms with E-state index in [1.54, 1.807) is 54.1 Å². The molecule has 3 heterocycles. The number of fused-ring (bicyclic) bond motifs is 2. The van der Waals surface area contributed by atoms with Crippen LogP contribution in [0.2, 0.25) is 5.02 Å². The quantitative estimate of drug-likeness (QED) is 0.264. The summed E-state index contributed by atoms with van der Waals surface area (Å²) in [6.45, 7) is 1.78. The lowest BCUT2D eigenvalue weighted by Crippen LogP contribution is -2.18. The standard InChI is InChI=1S/C33H26ClN5O4/c1-19-24(25-16-23(43-2)12-14-27(25)39(19)33(42)21-8-10-22(34)11-9-21)17-29(40)37-28-15-13-26-32(38-28)31(35-18-30(41)36-26)20-6-4-3-5-7-20/h3-16H,17-18H2,1-2H3,(H,36,41)(H,37,38,40). The van der Waals surface area contributed by atoms with Gasteiger partial charge in [-0.2, -0.15) is 0 Å². The molecule has 5 aromatic rings. The largest absolute Gasteiger partial charge is 0.497 e. The van der Waals surface area contributed by atoms with Crippen LogP contribution in [0.3, 0.4) is 0 Å². The van der Waals surface area contributed by atoms with E-state index in [-0.39, 0.29) is 30.7 Å². The van der Waals surface area contributed by atoms with Gasteiger partial charge in [0.25, 0.3) is 5.91 Å². The van der Waals surface area contributed by atoms with Crippen molar-refractivity contribution in [3.05, 3.63) is 118 Å².